The highest BCUT2D eigenvalue weighted by Crippen LogP contribution is 2.22. The van der Waals surface area contributed by atoms with Crippen molar-refractivity contribution in [3.63, 3.8) is 0 Å². The molecule has 2 nitrogen and oxygen atoms in total. The Labute approximate surface area is 97.5 Å². The first-order chi connectivity index (χ1) is 7.29. The molecular formula is C12H11BrN2. The highest BCUT2D eigenvalue weighted by molar-refractivity contribution is 9.10. The third-order valence-electron chi connectivity index (χ3n) is 2.21. The van der Waals surface area contributed by atoms with Gasteiger partial charge in [0.2, 0.25) is 0 Å². The van der Waals surface area contributed by atoms with Gasteiger partial charge in [0.1, 0.15) is 0 Å². The fourth-order valence-electron chi connectivity index (χ4n) is 1.40. The van der Waals surface area contributed by atoms with Crippen LogP contribution < -0.4 is 5.32 Å². The zero-order chi connectivity index (χ0) is 10.7. The van der Waals surface area contributed by atoms with E-state index in [0.717, 1.165) is 15.7 Å². The van der Waals surface area contributed by atoms with Crippen molar-refractivity contribution in [1.82, 2.24) is 4.98 Å². The molecule has 0 aliphatic carbocycles. The molecule has 1 aromatic heterocycles. The van der Waals surface area contributed by atoms with Crippen LogP contribution in [0.25, 0.3) is 11.1 Å². The number of halogens is 1. The summed E-state index contributed by atoms with van der Waals surface area (Å²) in [5.74, 6) is 0. The Balaban J connectivity index is 2.37. The monoisotopic (exact) mass is 262 g/mol. The van der Waals surface area contributed by atoms with Gasteiger partial charge in [0.25, 0.3) is 0 Å². The number of nitrogens with one attached hydrogen (secondary N) is 1. The highest BCUT2D eigenvalue weighted by atomic mass is 79.9. The predicted octanol–water partition coefficient (Wildman–Crippen LogP) is 3.55. The first-order valence-corrected chi connectivity index (χ1v) is 5.47. The van der Waals surface area contributed by atoms with Crippen LogP contribution in [0, 0.1) is 0 Å². The lowest BCUT2D eigenvalue weighted by molar-refractivity contribution is 1.31. The summed E-state index contributed by atoms with van der Waals surface area (Å²) in [6, 6.07) is 10.3. The summed E-state index contributed by atoms with van der Waals surface area (Å²) >= 11 is 3.41. The van der Waals surface area contributed by atoms with E-state index in [1.54, 1.807) is 6.20 Å². The van der Waals surface area contributed by atoms with Crippen LogP contribution >= 0.6 is 15.9 Å². The van der Waals surface area contributed by atoms with E-state index in [1.165, 1.54) is 5.56 Å². The molecule has 0 unspecified atom stereocenters. The molecule has 15 heavy (non-hydrogen) atoms. The van der Waals surface area contributed by atoms with E-state index in [-0.39, 0.29) is 0 Å². The SMILES string of the molecule is CNc1ccc(-c2cncc(Br)c2)cc1. The highest BCUT2D eigenvalue weighted by Gasteiger charge is 1.98. The molecule has 76 valence electrons. The van der Waals surface area contributed by atoms with Gasteiger partial charge in [-0.1, -0.05) is 12.1 Å². The third kappa shape index (κ3) is 2.36. The van der Waals surface area contributed by atoms with Gasteiger partial charge in [-0.3, -0.25) is 4.98 Å². The molecule has 2 rings (SSSR count). The van der Waals surface area contributed by atoms with E-state index in [2.05, 4.69) is 56.6 Å². The van der Waals surface area contributed by atoms with Gasteiger partial charge in [0, 0.05) is 35.2 Å². The molecule has 0 saturated carbocycles. The Morgan fingerprint density at radius 2 is 1.80 bits per heavy atom. The minimum Gasteiger partial charge on any atom is -0.388 e. The van der Waals surface area contributed by atoms with Gasteiger partial charge in [-0.25, -0.2) is 0 Å². The molecule has 1 heterocycles. The zero-order valence-corrected chi connectivity index (χ0v) is 9.95. The summed E-state index contributed by atoms with van der Waals surface area (Å²) in [5, 5.41) is 3.09. The van der Waals surface area contributed by atoms with E-state index in [4.69, 9.17) is 0 Å². The standard InChI is InChI=1S/C12H11BrN2/c1-14-12-4-2-9(3-5-12)10-6-11(13)8-15-7-10/h2-8,14H,1H3. The van der Waals surface area contributed by atoms with Crippen molar-refractivity contribution in [1.29, 1.82) is 0 Å². The van der Waals surface area contributed by atoms with Crippen LogP contribution in [0.2, 0.25) is 0 Å². The maximum Gasteiger partial charge on any atom is 0.0410 e. The van der Waals surface area contributed by atoms with Crippen LogP contribution in [0.4, 0.5) is 5.69 Å². The number of rotatable bonds is 2. The molecule has 1 N–H and O–H groups in total. The fraction of sp³-hybridized carbons (Fsp3) is 0.0833. The van der Waals surface area contributed by atoms with Crippen molar-refractivity contribution in [3.05, 3.63) is 47.2 Å². The Morgan fingerprint density at radius 3 is 2.40 bits per heavy atom. The molecule has 0 bridgehead atoms. The first-order valence-electron chi connectivity index (χ1n) is 4.68. The molecule has 0 fully saturated rings. The first kappa shape index (κ1) is 10.2. The average Bonchev–Trinajstić information content (AvgIpc) is 2.29. The molecule has 0 spiro atoms. The maximum absolute atomic E-state index is 4.14. The topological polar surface area (TPSA) is 24.9 Å². The van der Waals surface area contributed by atoms with Crippen LogP contribution in [0.5, 0.6) is 0 Å². The molecular weight excluding hydrogens is 252 g/mol. The normalized spacial score (nSPS) is 10.0. The number of anilines is 1. The van der Waals surface area contributed by atoms with Crippen LogP contribution in [0.1, 0.15) is 0 Å². The zero-order valence-electron chi connectivity index (χ0n) is 8.37. The smallest absolute Gasteiger partial charge is 0.0410 e. The number of pyridine rings is 1. The average molecular weight is 263 g/mol. The van der Waals surface area contributed by atoms with E-state index in [9.17, 15) is 0 Å². The molecule has 1 aromatic carbocycles. The van der Waals surface area contributed by atoms with Crippen LogP contribution in [-0.2, 0) is 0 Å². The second-order valence-corrected chi connectivity index (χ2v) is 4.13. The van der Waals surface area contributed by atoms with Crippen molar-refractivity contribution < 1.29 is 0 Å². The van der Waals surface area contributed by atoms with Gasteiger partial charge >= 0.3 is 0 Å². The summed E-state index contributed by atoms with van der Waals surface area (Å²) in [7, 11) is 1.91. The van der Waals surface area contributed by atoms with E-state index in [1.807, 2.05) is 13.2 Å². The van der Waals surface area contributed by atoms with Crippen molar-refractivity contribution in [3.8, 4) is 11.1 Å². The Morgan fingerprint density at radius 1 is 1.07 bits per heavy atom. The third-order valence-corrected chi connectivity index (χ3v) is 2.65. The van der Waals surface area contributed by atoms with E-state index >= 15 is 0 Å². The Kier molecular flexibility index (Phi) is 3.02. The summed E-state index contributed by atoms with van der Waals surface area (Å²) in [5.41, 5.74) is 3.40. The molecule has 0 saturated heterocycles. The van der Waals surface area contributed by atoms with Crippen LogP contribution in [0.15, 0.2) is 47.2 Å². The van der Waals surface area contributed by atoms with Gasteiger partial charge in [-0.15, -0.1) is 0 Å². The molecule has 0 aliphatic rings. The number of nitrogens with zero attached hydrogens (tertiary/aromatic N) is 1. The lowest BCUT2D eigenvalue weighted by atomic mass is 10.1. The van der Waals surface area contributed by atoms with Gasteiger partial charge in [-0.2, -0.15) is 0 Å². The molecule has 0 aliphatic heterocycles. The minimum atomic E-state index is 0.998. The molecule has 0 atom stereocenters. The molecule has 2 aromatic rings. The summed E-state index contributed by atoms with van der Waals surface area (Å²) in [4.78, 5) is 4.14. The van der Waals surface area contributed by atoms with Crippen LogP contribution in [0.3, 0.4) is 0 Å². The van der Waals surface area contributed by atoms with Crippen LogP contribution in [-0.4, -0.2) is 12.0 Å². The quantitative estimate of drug-likeness (QED) is 0.896. The van der Waals surface area contributed by atoms with Crippen molar-refractivity contribution >= 4 is 21.6 Å². The maximum atomic E-state index is 4.14. The summed E-state index contributed by atoms with van der Waals surface area (Å²) < 4.78 is 0.998. The van der Waals surface area contributed by atoms with E-state index in [0.29, 0.717) is 0 Å². The second kappa shape index (κ2) is 4.45. The van der Waals surface area contributed by atoms with Gasteiger partial charge in [0.15, 0.2) is 0 Å². The van der Waals surface area contributed by atoms with Crippen molar-refractivity contribution in [2.45, 2.75) is 0 Å². The lowest BCUT2D eigenvalue weighted by Crippen LogP contribution is -1.87. The van der Waals surface area contributed by atoms with Crippen molar-refractivity contribution in [2.24, 2.45) is 0 Å². The summed E-state index contributed by atoms with van der Waals surface area (Å²) in [6.07, 6.45) is 3.64. The van der Waals surface area contributed by atoms with E-state index < -0.39 is 0 Å². The number of hydrogen-bond donors (Lipinski definition) is 1. The van der Waals surface area contributed by atoms with Gasteiger partial charge < -0.3 is 5.32 Å². The van der Waals surface area contributed by atoms with Gasteiger partial charge in [-0.05, 0) is 39.7 Å². The Hall–Kier alpha value is -1.35. The summed E-state index contributed by atoms with van der Waals surface area (Å²) in [6.45, 7) is 0. The van der Waals surface area contributed by atoms with Crippen molar-refractivity contribution in [2.75, 3.05) is 12.4 Å². The molecule has 3 heteroatoms. The number of aromatic nitrogens is 1. The second-order valence-electron chi connectivity index (χ2n) is 3.22. The molecule has 0 amide bonds. The fourth-order valence-corrected chi connectivity index (χ4v) is 1.76. The number of hydrogen-bond acceptors (Lipinski definition) is 2. The predicted molar refractivity (Wildman–Crippen MR) is 66.9 cm³/mol. The largest absolute Gasteiger partial charge is 0.388 e. The lowest BCUT2D eigenvalue weighted by Gasteiger charge is -2.03. The minimum absolute atomic E-state index is 0.998. The molecule has 0 radical (unpaired) electrons. The Bertz CT molecular complexity index is 451. The number of benzene rings is 1. The van der Waals surface area contributed by atoms with Gasteiger partial charge in [0.05, 0.1) is 0 Å².